The van der Waals surface area contributed by atoms with Gasteiger partial charge in [0.15, 0.2) is 0 Å². The molecular weight excluding hydrogens is 300 g/mol. The molecule has 0 spiro atoms. The molecule has 2 heterocycles. The van der Waals surface area contributed by atoms with Crippen LogP contribution in [0.2, 0.25) is 0 Å². The molecule has 3 nitrogen and oxygen atoms in total. The molecule has 0 bridgehead atoms. The first-order valence-corrected chi connectivity index (χ1v) is 8.34. The maximum Gasteiger partial charge on any atom is 0.130 e. The van der Waals surface area contributed by atoms with Crippen LogP contribution in [-0.2, 0) is 4.74 Å². The fourth-order valence-corrected chi connectivity index (χ4v) is 3.65. The van der Waals surface area contributed by atoms with Gasteiger partial charge in [-0.2, -0.15) is 0 Å². The van der Waals surface area contributed by atoms with Gasteiger partial charge in [0.25, 0.3) is 0 Å². The first-order valence-electron chi connectivity index (χ1n) is 8.34. The number of hydrogen-bond donors (Lipinski definition) is 0. The highest BCUT2D eigenvalue weighted by Gasteiger charge is 2.41. The van der Waals surface area contributed by atoms with Crippen molar-refractivity contribution in [2.75, 3.05) is 13.7 Å². The van der Waals surface area contributed by atoms with Crippen molar-refractivity contribution in [3.8, 4) is 11.5 Å². The Balaban J connectivity index is 1.80. The summed E-state index contributed by atoms with van der Waals surface area (Å²) < 4.78 is 17.8. The fraction of sp³-hybridized carbons (Fsp3) is 0.333. The molecule has 0 aromatic heterocycles. The number of methoxy groups -OCH3 is 1. The lowest BCUT2D eigenvalue weighted by Crippen LogP contribution is -2.38. The first-order chi connectivity index (χ1) is 11.6. The summed E-state index contributed by atoms with van der Waals surface area (Å²) in [6.07, 6.45) is 2.24. The van der Waals surface area contributed by atoms with Gasteiger partial charge in [0.2, 0.25) is 0 Å². The van der Waals surface area contributed by atoms with Crippen molar-refractivity contribution in [2.45, 2.75) is 25.6 Å². The SMILES string of the molecule is COc1ccc2c(c1)OC[C@H]1C2=CC(C)(C)O[C@@H]1c1ccccc1. The molecule has 24 heavy (non-hydrogen) atoms. The van der Waals surface area contributed by atoms with E-state index < -0.39 is 0 Å². The summed E-state index contributed by atoms with van der Waals surface area (Å²) in [5.41, 5.74) is 3.33. The molecule has 0 aliphatic carbocycles. The van der Waals surface area contributed by atoms with Crippen molar-refractivity contribution in [3.05, 3.63) is 65.7 Å². The normalized spacial score (nSPS) is 24.2. The lowest BCUT2D eigenvalue weighted by molar-refractivity contribution is -0.0778. The third kappa shape index (κ3) is 2.59. The molecular formula is C21H22O3. The Morgan fingerprint density at radius 2 is 1.88 bits per heavy atom. The van der Waals surface area contributed by atoms with Gasteiger partial charge in [-0.15, -0.1) is 0 Å². The predicted molar refractivity (Wildman–Crippen MR) is 94.3 cm³/mol. The molecule has 2 aliphatic rings. The molecule has 0 N–H and O–H groups in total. The molecule has 0 amide bonds. The molecule has 0 saturated carbocycles. The smallest absolute Gasteiger partial charge is 0.130 e. The van der Waals surface area contributed by atoms with Crippen molar-refractivity contribution in [3.63, 3.8) is 0 Å². The van der Waals surface area contributed by atoms with E-state index in [1.807, 2.05) is 18.2 Å². The molecule has 3 heteroatoms. The largest absolute Gasteiger partial charge is 0.497 e. The minimum absolute atomic E-state index is 0.00329. The van der Waals surface area contributed by atoms with Gasteiger partial charge in [-0.3, -0.25) is 0 Å². The van der Waals surface area contributed by atoms with E-state index in [0.717, 1.165) is 17.1 Å². The fourth-order valence-electron chi connectivity index (χ4n) is 3.65. The van der Waals surface area contributed by atoms with Crippen LogP contribution in [0.5, 0.6) is 11.5 Å². The van der Waals surface area contributed by atoms with Gasteiger partial charge in [0.1, 0.15) is 11.5 Å². The van der Waals surface area contributed by atoms with Crippen molar-refractivity contribution in [1.82, 2.24) is 0 Å². The maximum absolute atomic E-state index is 6.41. The van der Waals surface area contributed by atoms with Gasteiger partial charge in [-0.05, 0) is 43.2 Å². The lowest BCUT2D eigenvalue weighted by Gasteiger charge is -2.43. The van der Waals surface area contributed by atoms with Crippen LogP contribution in [-0.4, -0.2) is 19.3 Å². The van der Waals surface area contributed by atoms with Gasteiger partial charge >= 0.3 is 0 Å². The zero-order valence-electron chi connectivity index (χ0n) is 14.3. The standard InChI is InChI=1S/C21H22O3/c1-21(2)12-17-16-10-9-15(22-3)11-19(16)23-13-18(17)20(24-21)14-7-5-4-6-8-14/h4-12,18,20H,13H2,1-3H3/t18-,20+/m0/s1. The second-order valence-corrected chi connectivity index (χ2v) is 6.93. The second-order valence-electron chi connectivity index (χ2n) is 6.93. The first kappa shape index (κ1) is 15.3. The molecule has 0 fully saturated rings. The number of hydrogen-bond acceptors (Lipinski definition) is 3. The molecule has 0 saturated heterocycles. The predicted octanol–water partition coefficient (Wildman–Crippen LogP) is 4.64. The number of fused-ring (bicyclic) bond motifs is 3. The summed E-state index contributed by atoms with van der Waals surface area (Å²) >= 11 is 0. The van der Waals surface area contributed by atoms with E-state index in [-0.39, 0.29) is 17.6 Å². The average Bonchev–Trinajstić information content (AvgIpc) is 2.60. The van der Waals surface area contributed by atoms with Gasteiger partial charge in [0.05, 0.1) is 25.4 Å². The van der Waals surface area contributed by atoms with Gasteiger partial charge in [0, 0.05) is 17.5 Å². The summed E-state index contributed by atoms with van der Waals surface area (Å²) in [4.78, 5) is 0. The van der Waals surface area contributed by atoms with Crippen LogP contribution in [0, 0.1) is 5.92 Å². The van der Waals surface area contributed by atoms with Crippen LogP contribution >= 0.6 is 0 Å². The van der Waals surface area contributed by atoms with Gasteiger partial charge in [-0.1, -0.05) is 30.3 Å². The van der Waals surface area contributed by atoms with E-state index in [1.54, 1.807) is 7.11 Å². The monoisotopic (exact) mass is 322 g/mol. The Bertz CT molecular complexity index is 777. The molecule has 2 aromatic rings. The van der Waals surface area contributed by atoms with Crippen molar-refractivity contribution in [1.29, 1.82) is 0 Å². The zero-order chi connectivity index (χ0) is 16.7. The molecule has 4 rings (SSSR count). The van der Waals surface area contributed by atoms with Crippen LogP contribution in [0.25, 0.3) is 5.57 Å². The summed E-state index contributed by atoms with van der Waals surface area (Å²) in [5, 5.41) is 0. The number of rotatable bonds is 2. The zero-order valence-corrected chi connectivity index (χ0v) is 14.3. The van der Waals surface area contributed by atoms with Crippen LogP contribution in [0.4, 0.5) is 0 Å². The average molecular weight is 322 g/mol. The Morgan fingerprint density at radius 3 is 2.62 bits per heavy atom. The molecule has 0 radical (unpaired) electrons. The number of benzene rings is 2. The highest BCUT2D eigenvalue weighted by Crippen LogP contribution is 2.49. The van der Waals surface area contributed by atoms with Crippen LogP contribution in [0.1, 0.15) is 31.1 Å². The summed E-state index contributed by atoms with van der Waals surface area (Å²) in [6, 6.07) is 16.5. The molecule has 124 valence electrons. The van der Waals surface area contributed by atoms with Crippen molar-refractivity contribution < 1.29 is 14.2 Å². The Morgan fingerprint density at radius 1 is 1.08 bits per heavy atom. The van der Waals surface area contributed by atoms with Crippen LogP contribution in [0.3, 0.4) is 0 Å². The minimum Gasteiger partial charge on any atom is -0.497 e. The van der Waals surface area contributed by atoms with E-state index in [1.165, 1.54) is 11.1 Å². The molecule has 0 unspecified atom stereocenters. The second kappa shape index (κ2) is 5.67. The molecule has 2 atom stereocenters. The van der Waals surface area contributed by atoms with E-state index >= 15 is 0 Å². The summed E-state index contributed by atoms with van der Waals surface area (Å²) in [5.74, 6) is 1.90. The Kier molecular flexibility index (Phi) is 3.61. The lowest BCUT2D eigenvalue weighted by atomic mass is 9.79. The van der Waals surface area contributed by atoms with E-state index in [4.69, 9.17) is 14.2 Å². The third-order valence-electron chi connectivity index (χ3n) is 4.75. The van der Waals surface area contributed by atoms with Gasteiger partial charge in [-0.25, -0.2) is 0 Å². The van der Waals surface area contributed by atoms with E-state index in [2.05, 4.69) is 50.3 Å². The van der Waals surface area contributed by atoms with Crippen molar-refractivity contribution in [2.24, 2.45) is 5.92 Å². The van der Waals surface area contributed by atoms with Crippen molar-refractivity contribution >= 4 is 5.57 Å². The highest BCUT2D eigenvalue weighted by atomic mass is 16.5. The Hall–Kier alpha value is -2.26. The maximum atomic E-state index is 6.41. The van der Waals surface area contributed by atoms with E-state index in [9.17, 15) is 0 Å². The quantitative estimate of drug-likeness (QED) is 0.806. The Labute approximate surface area is 142 Å². The van der Waals surface area contributed by atoms with E-state index in [0.29, 0.717) is 6.61 Å². The molecule has 2 aromatic carbocycles. The van der Waals surface area contributed by atoms with Crippen LogP contribution < -0.4 is 9.47 Å². The highest BCUT2D eigenvalue weighted by molar-refractivity contribution is 5.76. The minimum atomic E-state index is -0.319. The van der Waals surface area contributed by atoms with Gasteiger partial charge < -0.3 is 14.2 Å². The number of ether oxygens (including phenoxy) is 3. The molecule has 2 aliphatic heterocycles. The topological polar surface area (TPSA) is 27.7 Å². The third-order valence-corrected chi connectivity index (χ3v) is 4.75. The summed E-state index contributed by atoms with van der Waals surface area (Å²) in [6.45, 7) is 4.84. The summed E-state index contributed by atoms with van der Waals surface area (Å²) in [7, 11) is 1.68. The van der Waals surface area contributed by atoms with Crippen LogP contribution in [0.15, 0.2) is 54.6 Å².